The van der Waals surface area contributed by atoms with Gasteiger partial charge in [0.15, 0.2) is 0 Å². The van der Waals surface area contributed by atoms with E-state index >= 15 is 0 Å². The van der Waals surface area contributed by atoms with E-state index in [0.717, 1.165) is 17.4 Å². The largest absolute Gasteiger partial charge is 0.330 e. The van der Waals surface area contributed by atoms with Crippen molar-refractivity contribution in [2.75, 3.05) is 6.54 Å². The number of nitrogens with two attached hydrogens (primary N) is 1. The molecule has 2 rings (SSSR count). The Morgan fingerprint density at radius 2 is 2.17 bits per heavy atom. The highest BCUT2D eigenvalue weighted by Gasteiger charge is 2.34. The normalized spacial score (nSPS) is 27.1. The van der Waals surface area contributed by atoms with Gasteiger partial charge in [0.05, 0.1) is 0 Å². The van der Waals surface area contributed by atoms with Crippen LogP contribution in [-0.4, -0.2) is 11.5 Å². The predicted molar refractivity (Wildman–Crippen MR) is 79.3 cm³/mol. The number of aromatic nitrogens is 1. The van der Waals surface area contributed by atoms with Crippen LogP contribution in [0.4, 0.5) is 0 Å². The highest BCUT2D eigenvalue weighted by molar-refractivity contribution is 9.10. The van der Waals surface area contributed by atoms with Crippen molar-refractivity contribution in [2.45, 2.75) is 39.5 Å². The Labute approximate surface area is 119 Å². The minimum Gasteiger partial charge on any atom is -0.330 e. The summed E-state index contributed by atoms with van der Waals surface area (Å²) < 4.78 is 1.05. The maximum Gasteiger partial charge on any atom is 0.0413 e. The minimum atomic E-state index is 0.464. The fourth-order valence-corrected chi connectivity index (χ4v) is 3.37. The molecule has 2 unspecified atom stereocenters. The van der Waals surface area contributed by atoms with Gasteiger partial charge in [-0.05, 0) is 77.5 Å². The van der Waals surface area contributed by atoms with E-state index in [1.54, 1.807) is 0 Å². The number of nitrogens with zero attached hydrogens (tertiary/aromatic N) is 1. The SMILES string of the molecule is CC1(C)CCC(CN)C(Cc2ccc(Br)cn2)C1. The zero-order valence-corrected chi connectivity index (χ0v) is 12.9. The molecular formula is C15H23BrN2. The molecule has 0 aromatic carbocycles. The molecule has 2 N–H and O–H groups in total. The Balaban J connectivity index is 2.07. The molecule has 100 valence electrons. The first-order valence-corrected chi connectivity index (χ1v) is 7.60. The van der Waals surface area contributed by atoms with Crippen LogP contribution in [0.25, 0.3) is 0 Å². The summed E-state index contributed by atoms with van der Waals surface area (Å²) in [5.41, 5.74) is 7.59. The Kier molecular flexibility index (Phi) is 4.44. The van der Waals surface area contributed by atoms with Crippen LogP contribution in [0.15, 0.2) is 22.8 Å². The number of pyridine rings is 1. The van der Waals surface area contributed by atoms with Crippen molar-refractivity contribution in [3.63, 3.8) is 0 Å². The van der Waals surface area contributed by atoms with Gasteiger partial charge in [-0.25, -0.2) is 0 Å². The highest BCUT2D eigenvalue weighted by Crippen LogP contribution is 2.42. The van der Waals surface area contributed by atoms with Crippen LogP contribution in [0.2, 0.25) is 0 Å². The van der Waals surface area contributed by atoms with Gasteiger partial charge < -0.3 is 5.73 Å². The van der Waals surface area contributed by atoms with Crippen LogP contribution >= 0.6 is 15.9 Å². The summed E-state index contributed by atoms with van der Waals surface area (Å²) in [6.45, 7) is 5.57. The van der Waals surface area contributed by atoms with Crippen LogP contribution in [0.3, 0.4) is 0 Å². The smallest absolute Gasteiger partial charge is 0.0413 e. The van der Waals surface area contributed by atoms with E-state index in [1.165, 1.54) is 25.0 Å². The predicted octanol–water partition coefficient (Wildman–Crippen LogP) is 3.79. The van der Waals surface area contributed by atoms with Gasteiger partial charge in [-0.1, -0.05) is 13.8 Å². The quantitative estimate of drug-likeness (QED) is 0.922. The lowest BCUT2D eigenvalue weighted by Crippen LogP contribution is -2.35. The van der Waals surface area contributed by atoms with Gasteiger partial charge in [0.25, 0.3) is 0 Å². The zero-order chi connectivity index (χ0) is 13.2. The van der Waals surface area contributed by atoms with Crippen LogP contribution in [0.5, 0.6) is 0 Å². The average molecular weight is 311 g/mol. The fraction of sp³-hybridized carbons (Fsp3) is 0.667. The molecule has 2 atom stereocenters. The second kappa shape index (κ2) is 5.70. The summed E-state index contributed by atoms with van der Waals surface area (Å²) in [6.07, 6.45) is 6.80. The van der Waals surface area contributed by atoms with Crippen LogP contribution in [0, 0.1) is 17.3 Å². The van der Waals surface area contributed by atoms with Gasteiger partial charge >= 0.3 is 0 Å². The lowest BCUT2D eigenvalue weighted by Gasteiger charge is -2.40. The molecule has 1 heterocycles. The molecular weight excluding hydrogens is 288 g/mol. The van der Waals surface area contributed by atoms with Gasteiger partial charge in [0.2, 0.25) is 0 Å². The molecule has 1 fully saturated rings. The third-order valence-corrected chi connectivity index (χ3v) is 4.71. The molecule has 0 bridgehead atoms. The van der Waals surface area contributed by atoms with Crippen LogP contribution < -0.4 is 5.73 Å². The van der Waals surface area contributed by atoms with Crippen molar-refractivity contribution in [1.29, 1.82) is 0 Å². The van der Waals surface area contributed by atoms with Crippen molar-refractivity contribution in [3.8, 4) is 0 Å². The highest BCUT2D eigenvalue weighted by atomic mass is 79.9. The molecule has 2 nitrogen and oxygen atoms in total. The van der Waals surface area contributed by atoms with Gasteiger partial charge in [-0.15, -0.1) is 0 Å². The first kappa shape index (κ1) is 14.0. The van der Waals surface area contributed by atoms with Crippen molar-refractivity contribution in [2.24, 2.45) is 23.0 Å². The molecule has 1 aliphatic rings. The summed E-state index contributed by atoms with van der Waals surface area (Å²) in [7, 11) is 0. The van der Waals surface area contributed by atoms with E-state index < -0.39 is 0 Å². The van der Waals surface area contributed by atoms with Gasteiger partial charge in [0.1, 0.15) is 0 Å². The Morgan fingerprint density at radius 1 is 1.39 bits per heavy atom. The summed E-state index contributed by atoms with van der Waals surface area (Å²) in [5, 5.41) is 0. The number of hydrogen-bond donors (Lipinski definition) is 1. The van der Waals surface area contributed by atoms with Crippen LogP contribution in [0.1, 0.15) is 38.8 Å². The summed E-state index contributed by atoms with van der Waals surface area (Å²) in [5.74, 6) is 1.36. The minimum absolute atomic E-state index is 0.464. The van der Waals surface area contributed by atoms with E-state index in [-0.39, 0.29) is 0 Å². The lowest BCUT2D eigenvalue weighted by atomic mass is 9.66. The molecule has 1 aromatic heterocycles. The van der Waals surface area contributed by atoms with Crippen molar-refractivity contribution in [1.82, 2.24) is 4.98 Å². The average Bonchev–Trinajstić information content (AvgIpc) is 2.31. The molecule has 18 heavy (non-hydrogen) atoms. The van der Waals surface area contributed by atoms with E-state index in [4.69, 9.17) is 5.73 Å². The maximum absolute atomic E-state index is 5.93. The fourth-order valence-electron chi connectivity index (χ4n) is 3.14. The molecule has 1 aliphatic carbocycles. The molecule has 1 saturated carbocycles. The summed E-state index contributed by atoms with van der Waals surface area (Å²) in [4.78, 5) is 4.50. The molecule has 0 aliphatic heterocycles. The standard InChI is InChI=1S/C15H23BrN2/c1-15(2)6-5-11(9-17)12(8-15)7-14-4-3-13(16)10-18-14/h3-4,10-12H,5-9,17H2,1-2H3. The Hall–Kier alpha value is -0.410. The van der Waals surface area contributed by atoms with Crippen LogP contribution in [-0.2, 0) is 6.42 Å². The second-order valence-corrected chi connectivity index (χ2v) is 7.25. The van der Waals surface area contributed by atoms with E-state index in [1.807, 2.05) is 6.20 Å². The Morgan fingerprint density at radius 3 is 2.78 bits per heavy atom. The first-order valence-electron chi connectivity index (χ1n) is 6.81. The third kappa shape index (κ3) is 3.55. The van der Waals surface area contributed by atoms with E-state index in [9.17, 15) is 0 Å². The topological polar surface area (TPSA) is 38.9 Å². The third-order valence-electron chi connectivity index (χ3n) is 4.24. The molecule has 0 spiro atoms. The van der Waals surface area contributed by atoms with E-state index in [0.29, 0.717) is 17.3 Å². The zero-order valence-electron chi connectivity index (χ0n) is 11.3. The first-order chi connectivity index (χ1) is 8.50. The summed E-state index contributed by atoms with van der Waals surface area (Å²) >= 11 is 3.43. The van der Waals surface area contributed by atoms with Crippen molar-refractivity contribution >= 4 is 15.9 Å². The second-order valence-electron chi connectivity index (χ2n) is 6.33. The van der Waals surface area contributed by atoms with Gasteiger partial charge in [-0.3, -0.25) is 4.98 Å². The maximum atomic E-state index is 5.93. The van der Waals surface area contributed by atoms with Gasteiger partial charge in [-0.2, -0.15) is 0 Å². The van der Waals surface area contributed by atoms with Crippen molar-refractivity contribution < 1.29 is 0 Å². The van der Waals surface area contributed by atoms with Crippen molar-refractivity contribution in [3.05, 3.63) is 28.5 Å². The molecule has 0 amide bonds. The number of rotatable bonds is 3. The molecule has 0 saturated heterocycles. The van der Waals surface area contributed by atoms with Gasteiger partial charge in [0, 0.05) is 16.4 Å². The van der Waals surface area contributed by atoms with E-state index in [2.05, 4.69) is 46.9 Å². The number of halogens is 1. The monoisotopic (exact) mass is 310 g/mol. The molecule has 1 aromatic rings. The lowest BCUT2D eigenvalue weighted by molar-refractivity contribution is 0.121. The molecule has 3 heteroatoms. The Bertz CT molecular complexity index is 386. The summed E-state index contributed by atoms with van der Waals surface area (Å²) in [6, 6.07) is 4.20. The number of hydrogen-bond acceptors (Lipinski definition) is 2. The molecule has 0 radical (unpaired) electrons.